The number of carbonyl (C=O) groups is 1. The Balaban J connectivity index is 1.97. The molecular weight excluding hydrogens is 292 g/mol. The highest BCUT2D eigenvalue weighted by Gasteiger charge is 2.43. The standard InChI is InChI=1S/C18H30N2O3/c1-5-13(12-15(20-19)16(21)17(2,3)4)14-6-8-18(9-7-14)22-10-11-23-18/h13-14H,5-12H2,1-4H3. The van der Waals surface area contributed by atoms with E-state index in [2.05, 4.69) is 11.7 Å². The SMILES string of the molecule is CCC(CC(=[N+]=[N-])C(=O)C(C)(C)C)C1CCC2(CC1)OCCO2. The Morgan fingerprint density at radius 1 is 1.26 bits per heavy atom. The number of ether oxygens (including phenoxy) is 2. The van der Waals surface area contributed by atoms with E-state index in [4.69, 9.17) is 9.47 Å². The first-order valence-corrected chi connectivity index (χ1v) is 8.85. The van der Waals surface area contributed by atoms with Gasteiger partial charge >= 0.3 is 5.71 Å². The van der Waals surface area contributed by atoms with Crippen molar-refractivity contribution in [2.45, 2.75) is 72.0 Å². The van der Waals surface area contributed by atoms with Crippen molar-refractivity contribution in [1.82, 2.24) is 0 Å². The summed E-state index contributed by atoms with van der Waals surface area (Å²) in [6.07, 6.45) is 5.47. The number of ketones is 1. The van der Waals surface area contributed by atoms with Crippen LogP contribution in [0.15, 0.2) is 0 Å². The fourth-order valence-corrected chi connectivity index (χ4v) is 3.84. The summed E-state index contributed by atoms with van der Waals surface area (Å²) in [5.74, 6) is 0.492. The molecule has 5 nitrogen and oxygen atoms in total. The third kappa shape index (κ3) is 4.28. The summed E-state index contributed by atoms with van der Waals surface area (Å²) in [6, 6.07) is 0. The van der Waals surface area contributed by atoms with Crippen molar-refractivity contribution in [2.24, 2.45) is 17.3 Å². The lowest BCUT2D eigenvalue weighted by Crippen LogP contribution is -2.38. The molecule has 0 amide bonds. The molecule has 1 spiro atoms. The van der Waals surface area contributed by atoms with Crippen LogP contribution in [-0.4, -0.2) is 35.3 Å². The molecular formula is C18H30N2O3. The van der Waals surface area contributed by atoms with Gasteiger partial charge in [-0.15, -0.1) is 0 Å². The van der Waals surface area contributed by atoms with Crippen LogP contribution in [0.2, 0.25) is 0 Å². The predicted octanol–water partition coefficient (Wildman–Crippen LogP) is 3.62. The monoisotopic (exact) mass is 322 g/mol. The lowest BCUT2D eigenvalue weighted by atomic mass is 9.73. The van der Waals surface area contributed by atoms with Gasteiger partial charge in [-0.3, -0.25) is 4.79 Å². The molecule has 0 aromatic rings. The van der Waals surface area contributed by atoms with Gasteiger partial charge in [0.25, 0.3) is 0 Å². The van der Waals surface area contributed by atoms with Crippen molar-refractivity contribution >= 4 is 11.5 Å². The second kappa shape index (κ2) is 7.25. The molecule has 1 saturated heterocycles. The van der Waals surface area contributed by atoms with Crippen LogP contribution in [0.25, 0.3) is 5.53 Å². The van der Waals surface area contributed by atoms with Crippen LogP contribution in [0.4, 0.5) is 0 Å². The Bertz CT molecular complexity index is 473. The summed E-state index contributed by atoms with van der Waals surface area (Å²) in [5, 5.41) is 0. The van der Waals surface area contributed by atoms with Gasteiger partial charge in [0.05, 0.1) is 19.6 Å². The molecule has 2 fully saturated rings. The van der Waals surface area contributed by atoms with Crippen LogP contribution in [-0.2, 0) is 14.3 Å². The second-order valence-electron chi connectivity index (χ2n) is 7.94. The zero-order valence-corrected chi connectivity index (χ0v) is 14.9. The van der Waals surface area contributed by atoms with Gasteiger partial charge in [-0.2, -0.15) is 4.79 Å². The fraction of sp³-hybridized carbons (Fsp3) is 0.889. The Labute approximate surface area is 139 Å². The third-order valence-corrected chi connectivity index (χ3v) is 5.32. The normalized spacial score (nSPS) is 22.8. The Morgan fingerprint density at radius 2 is 1.83 bits per heavy atom. The third-order valence-electron chi connectivity index (χ3n) is 5.32. The van der Waals surface area contributed by atoms with Crippen molar-refractivity contribution in [3.8, 4) is 0 Å². The van der Waals surface area contributed by atoms with Crippen molar-refractivity contribution in [1.29, 1.82) is 0 Å². The van der Waals surface area contributed by atoms with E-state index in [1.807, 2.05) is 20.8 Å². The fourth-order valence-electron chi connectivity index (χ4n) is 3.84. The number of rotatable bonds is 5. The highest BCUT2D eigenvalue weighted by atomic mass is 16.7. The summed E-state index contributed by atoms with van der Waals surface area (Å²) in [7, 11) is 0. The molecule has 1 heterocycles. The van der Waals surface area contributed by atoms with E-state index in [0.717, 1.165) is 32.1 Å². The first kappa shape index (κ1) is 18.3. The first-order chi connectivity index (χ1) is 10.8. The molecule has 1 aliphatic carbocycles. The van der Waals surface area contributed by atoms with E-state index in [1.165, 1.54) is 0 Å². The molecule has 0 radical (unpaired) electrons. The summed E-state index contributed by atoms with van der Waals surface area (Å²) >= 11 is 0. The predicted molar refractivity (Wildman–Crippen MR) is 88.1 cm³/mol. The highest BCUT2D eigenvalue weighted by Crippen LogP contribution is 2.42. The molecule has 23 heavy (non-hydrogen) atoms. The van der Waals surface area contributed by atoms with E-state index < -0.39 is 5.41 Å². The summed E-state index contributed by atoms with van der Waals surface area (Å²) < 4.78 is 11.6. The molecule has 0 aromatic heterocycles. The van der Waals surface area contributed by atoms with Crippen molar-refractivity contribution in [3.63, 3.8) is 0 Å². The van der Waals surface area contributed by atoms with Crippen LogP contribution in [0.3, 0.4) is 0 Å². The number of nitrogens with zero attached hydrogens (tertiary/aromatic N) is 2. The average molecular weight is 322 g/mol. The minimum atomic E-state index is -0.512. The molecule has 130 valence electrons. The molecule has 1 aliphatic heterocycles. The van der Waals surface area contributed by atoms with Gasteiger partial charge in [-0.25, -0.2) is 0 Å². The van der Waals surface area contributed by atoms with E-state index >= 15 is 0 Å². The molecule has 1 saturated carbocycles. The zero-order valence-electron chi connectivity index (χ0n) is 14.9. The Kier molecular flexibility index (Phi) is 5.77. The number of carbonyl (C=O) groups excluding carboxylic acids is 1. The maximum atomic E-state index is 12.4. The molecule has 1 unspecified atom stereocenters. The maximum absolute atomic E-state index is 12.4. The topological polar surface area (TPSA) is 71.9 Å². The molecule has 2 rings (SSSR count). The minimum absolute atomic E-state index is 0.0619. The minimum Gasteiger partial charge on any atom is -0.361 e. The summed E-state index contributed by atoms with van der Waals surface area (Å²) in [4.78, 5) is 15.7. The average Bonchev–Trinajstić information content (AvgIpc) is 2.97. The van der Waals surface area contributed by atoms with Gasteiger partial charge in [-0.1, -0.05) is 34.1 Å². The van der Waals surface area contributed by atoms with Gasteiger partial charge in [-0.05, 0) is 24.7 Å². The Hall–Kier alpha value is -1.03. The van der Waals surface area contributed by atoms with Gasteiger partial charge in [0.1, 0.15) is 0 Å². The van der Waals surface area contributed by atoms with Crippen molar-refractivity contribution in [2.75, 3.05) is 13.2 Å². The Morgan fingerprint density at radius 3 is 2.26 bits per heavy atom. The lowest BCUT2D eigenvalue weighted by Gasteiger charge is -2.38. The maximum Gasteiger partial charge on any atom is 0.335 e. The largest absolute Gasteiger partial charge is 0.361 e. The van der Waals surface area contributed by atoms with Crippen molar-refractivity contribution < 1.29 is 19.1 Å². The van der Waals surface area contributed by atoms with E-state index in [-0.39, 0.29) is 11.6 Å². The van der Waals surface area contributed by atoms with Crippen LogP contribution in [0.1, 0.15) is 66.2 Å². The molecule has 0 N–H and O–H groups in total. The van der Waals surface area contributed by atoms with Crippen LogP contribution >= 0.6 is 0 Å². The van der Waals surface area contributed by atoms with E-state index in [9.17, 15) is 10.3 Å². The van der Waals surface area contributed by atoms with Gasteiger partial charge < -0.3 is 15.0 Å². The van der Waals surface area contributed by atoms with Crippen LogP contribution in [0, 0.1) is 17.3 Å². The van der Waals surface area contributed by atoms with Gasteiger partial charge in [0.15, 0.2) is 5.79 Å². The molecule has 5 heteroatoms. The van der Waals surface area contributed by atoms with E-state index in [1.54, 1.807) is 0 Å². The van der Waals surface area contributed by atoms with Crippen LogP contribution in [0.5, 0.6) is 0 Å². The van der Waals surface area contributed by atoms with Crippen molar-refractivity contribution in [3.05, 3.63) is 5.53 Å². The van der Waals surface area contributed by atoms with E-state index in [0.29, 0.717) is 37.2 Å². The first-order valence-electron chi connectivity index (χ1n) is 8.85. The number of Topliss-reactive ketones (excluding diaryl/α,β-unsaturated/α-hetero) is 1. The van der Waals surface area contributed by atoms with Gasteiger partial charge in [0, 0.05) is 18.3 Å². The quantitative estimate of drug-likeness (QED) is 0.441. The second-order valence-corrected chi connectivity index (χ2v) is 7.94. The zero-order chi connectivity index (χ0) is 17.1. The molecule has 0 bridgehead atoms. The molecule has 2 aliphatic rings. The molecule has 1 atom stereocenters. The highest BCUT2D eigenvalue weighted by molar-refractivity contribution is 6.39. The number of hydrogen-bond acceptors (Lipinski definition) is 3. The molecule has 0 aromatic carbocycles. The number of hydrogen-bond donors (Lipinski definition) is 0. The summed E-state index contributed by atoms with van der Waals surface area (Å²) in [6.45, 7) is 9.13. The van der Waals surface area contributed by atoms with Gasteiger partial charge in [0.2, 0.25) is 5.78 Å². The smallest absolute Gasteiger partial charge is 0.335 e. The lowest BCUT2D eigenvalue weighted by molar-refractivity contribution is -0.184. The van der Waals surface area contributed by atoms with Crippen LogP contribution < -0.4 is 0 Å². The summed E-state index contributed by atoms with van der Waals surface area (Å²) in [5.41, 5.74) is 9.10.